The largest absolute Gasteiger partial charge is 0.325 e. The zero-order chi connectivity index (χ0) is 16.0. The van der Waals surface area contributed by atoms with E-state index in [9.17, 15) is 0 Å². The molecule has 0 amide bonds. The van der Waals surface area contributed by atoms with Gasteiger partial charge in [-0.15, -0.1) is 0 Å². The second-order valence-electron chi connectivity index (χ2n) is 6.20. The second kappa shape index (κ2) is 4.80. The van der Waals surface area contributed by atoms with Gasteiger partial charge < -0.3 is 4.98 Å². The Morgan fingerprint density at radius 1 is 1.13 bits per heavy atom. The van der Waals surface area contributed by atoms with Crippen LogP contribution in [0.2, 0.25) is 0 Å². The number of hydrogen-bond donors (Lipinski definition) is 1. The molecule has 0 aromatic carbocycles. The van der Waals surface area contributed by atoms with Gasteiger partial charge in [-0.3, -0.25) is 4.98 Å². The first-order valence-corrected chi connectivity index (χ1v) is 7.37. The fourth-order valence-electron chi connectivity index (χ4n) is 2.58. The van der Waals surface area contributed by atoms with Crippen molar-refractivity contribution in [1.29, 1.82) is 0 Å². The van der Waals surface area contributed by atoms with E-state index in [1.807, 2.05) is 13.0 Å². The number of hydrogen-bond acceptors (Lipinski definition) is 6. The Balaban J connectivity index is 1.69. The van der Waals surface area contributed by atoms with Crippen LogP contribution in [0.15, 0.2) is 24.7 Å². The number of aromatic nitrogens is 8. The topological polar surface area (TPSA) is 98.1 Å². The van der Waals surface area contributed by atoms with Crippen molar-refractivity contribution >= 4 is 22.3 Å². The van der Waals surface area contributed by atoms with Crippen LogP contribution in [-0.2, 0) is 12.0 Å². The van der Waals surface area contributed by atoms with E-state index < -0.39 is 0 Å². The molecule has 116 valence electrons. The summed E-state index contributed by atoms with van der Waals surface area (Å²) in [5.41, 5.74) is 3.49. The van der Waals surface area contributed by atoms with Gasteiger partial charge in [0, 0.05) is 12.6 Å². The number of pyridine rings is 1. The summed E-state index contributed by atoms with van der Waals surface area (Å²) in [7, 11) is 0. The van der Waals surface area contributed by atoms with Crippen LogP contribution in [0.4, 0.5) is 0 Å². The van der Waals surface area contributed by atoms with E-state index in [-0.39, 0.29) is 5.54 Å². The molecule has 0 aliphatic heterocycles. The van der Waals surface area contributed by atoms with Crippen molar-refractivity contribution in [3.05, 3.63) is 36.2 Å². The molecule has 0 bridgehead atoms. The molecule has 8 nitrogen and oxygen atoms in total. The Morgan fingerprint density at radius 3 is 2.78 bits per heavy atom. The number of imidazole rings is 1. The molecule has 8 heteroatoms. The van der Waals surface area contributed by atoms with Crippen molar-refractivity contribution in [2.24, 2.45) is 0 Å². The van der Waals surface area contributed by atoms with Gasteiger partial charge in [0.25, 0.3) is 0 Å². The molecule has 0 saturated heterocycles. The fourth-order valence-corrected chi connectivity index (χ4v) is 2.58. The Kier molecular flexibility index (Phi) is 2.87. The van der Waals surface area contributed by atoms with E-state index >= 15 is 0 Å². The lowest BCUT2D eigenvalue weighted by molar-refractivity contribution is 0.279. The number of nitrogens with one attached hydrogen (secondary N) is 1. The molecule has 4 aromatic heterocycles. The number of H-pyrrole nitrogens is 1. The Labute approximate surface area is 132 Å². The lowest BCUT2D eigenvalue weighted by Gasteiger charge is -2.22. The predicted octanol–water partition coefficient (Wildman–Crippen LogP) is 1.78. The monoisotopic (exact) mass is 308 g/mol. The average molecular weight is 308 g/mol. The zero-order valence-electron chi connectivity index (χ0n) is 13.1. The molecule has 0 unspecified atom stereocenters. The number of nitrogens with zero attached hydrogens (tertiary/aromatic N) is 7. The van der Waals surface area contributed by atoms with Crippen molar-refractivity contribution in [2.75, 3.05) is 0 Å². The van der Waals surface area contributed by atoms with Crippen LogP contribution >= 0.6 is 0 Å². The molecule has 0 saturated carbocycles. The predicted molar refractivity (Wildman–Crippen MR) is 84.8 cm³/mol. The van der Waals surface area contributed by atoms with Crippen LogP contribution in [0, 0.1) is 6.92 Å². The number of rotatable bonds is 3. The van der Waals surface area contributed by atoms with E-state index in [0.29, 0.717) is 17.7 Å². The summed E-state index contributed by atoms with van der Waals surface area (Å²) in [5.74, 6) is 0.809. The van der Waals surface area contributed by atoms with Crippen molar-refractivity contribution < 1.29 is 0 Å². The fraction of sp³-hybridized carbons (Fsp3) is 0.333. The van der Waals surface area contributed by atoms with Crippen LogP contribution in [-0.4, -0.2) is 39.9 Å². The van der Waals surface area contributed by atoms with E-state index in [1.165, 1.54) is 0 Å². The van der Waals surface area contributed by atoms with Gasteiger partial charge >= 0.3 is 0 Å². The molecule has 0 fully saturated rings. The molecule has 0 aliphatic carbocycles. The molecule has 0 radical (unpaired) electrons. The molecule has 0 aliphatic rings. The highest BCUT2D eigenvalue weighted by molar-refractivity contribution is 5.71. The SMILES string of the molecule is Cc1nc2ncc(CC(C)(C)n3nc4ccncc4n3)nc2[nH]1. The van der Waals surface area contributed by atoms with E-state index in [0.717, 1.165) is 22.6 Å². The highest BCUT2D eigenvalue weighted by Gasteiger charge is 2.25. The van der Waals surface area contributed by atoms with Gasteiger partial charge in [-0.05, 0) is 26.8 Å². The van der Waals surface area contributed by atoms with Crippen molar-refractivity contribution in [3.63, 3.8) is 0 Å². The van der Waals surface area contributed by atoms with Crippen LogP contribution in [0.1, 0.15) is 25.4 Å². The summed E-state index contributed by atoms with van der Waals surface area (Å²) in [6, 6.07) is 1.86. The first-order valence-electron chi connectivity index (χ1n) is 7.37. The normalized spacial score (nSPS) is 12.3. The minimum absolute atomic E-state index is 0.337. The highest BCUT2D eigenvalue weighted by atomic mass is 15.5. The Bertz CT molecular complexity index is 964. The summed E-state index contributed by atoms with van der Waals surface area (Å²) in [5, 5.41) is 9.07. The Hall–Kier alpha value is -2.90. The second-order valence-corrected chi connectivity index (χ2v) is 6.20. The first-order chi connectivity index (χ1) is 11.0. The molecular formula is C15H16N8. The van der Waals surface area contributed by atoms with Gasteiger partial charge in [-0.1, -0.05) is 0 Å². The first kappa shape index (κ1) is 13.7. The van der Waals surface area contributed by atoms with Gasteiger partial charge in [0.1, 0.15) is 16.9 Å². The maximum atomic E-state index is 4.60. The summed E-state index contributed by atoms with van der Waals surface area (Å²) < 4.78 is 0. The summed E-state index contributed by atoms with van der Waals surface area (Å²) in [6.45, 7) is 6.03. The van der Waals surface area contributed by atoms with Gasteiger partial charge in [0.05, 0.1) is 23.6 Å². The maximum absolute atomic E-state index is 4.60. The molecule has 4 rings (SSSR count). The smallest absolute Gasteiger partial charge is 0.197 e. The lowest BCUT2D eigenvalue weighted by atomic mass is 10.00. The van der Waals surface area contributed by atoms with Crippen LogP contribution < -0.4 is 0 Å². The average Bonchev–Trinajstić information content (AvgIpc) is 3.09. The van der Waals surface area contributed by atoms with Gasteiger partial charge in [-0.2, -0.15) is 15.0 Å². The summed E-state index contributed by atoms with van der Waals surface area (Å²) in [6.07, 6.45) is 5.85. The molecule has 1 N–H and O–H groups in total. The third-order valence-corrected chi connectivity index (χ3v) is 3.71. The van der Waals surface area contributed by atoms with Gasteiger partial charge in [0.2, 0.25) is 0 Å². The van der Waals surface area contributed by atoms with Gasteiger partial charge in [-0.25, -0.2) is 15.0 Å². The minimum Gasteiger partial charge on any atom is -0.325 e. The summed E-state index contributed by atoms with van der Waals surface area (Å²) >= 11 is 0. The number of fused-ring (bicyclic) bond motifs is 2. The minimum atomic E-state index is -0.337. The number of aryl methyl sites for hydroxylation is 1. The van der Waals surface area contributed by atoms with Crippen LogP contribution in [0.3, 0.4) is 0 Å². The number of aromatic amines is 1. The van der Waals surface area contributed by atoms with Crippen LogP contribution in [0.25, 0.3) is 22.3 Å². The third kappa shape index (κ3) is 2.41. The standard InChI is InChI=1S/C15H16N8/c1-9-18-13-14(19-9)20-10(7-17-13)6-15(2,3)23-21-11-4-5-16-8-12(11)22-23/h4-5,7-8H,6H2,1-3H3,(H,17,18,19,20). The molecule has 4 aromatic rings. The maximum Gasteiger partial charge on any atom is 0.197 e. The quantitative estimate of drug-likeness (QED) is 0.619. The Morgan fingerprint density at radius 2 is 1.96 bits per heavy atom. The zero-order valence-corrected chi connectivity index (χ0v) is 13.1. The van der Waals surface area contributed by atoms with Crippen molar-refractivity contribution in [3.8, 4) is 0 Å². The molecule has 0 spiro atoms. The summed E-state index contributed by atoms with van der Waals surface area (Å²) in [4.78, 5) is 22.1. The third-order valence-electron chi connectivity index (χ3n) is 3.71. The molecule has 4 heterocycles. The van der Waals surface area contributed by atoms with Crippen molar-refractivity contribution in [2.45, 2.75) is 32.7 Å². The van der Waals surface area contributed by atoms with E-state index in [1.54, 1.807) is 23.4 Å². The molecule has 23 heavy (non-hydrogen) atoms. The van der Waals surface area contributed by atoms with Crippen molar-refractivity contribution in [1.82, 2.24) is 39.9 Å². The highest BCUT2D eigenvalue weighted by Crippen LogP contribution is 2.21. The lowest BCUT2D eigenvalue weighted by Crippen LogP contribution is -2.31. The van der Waals surface area contributed by atoms with E-state index in [4.69, 9.17) is 0 Å². The van der Waals surface area contributed by atoms with Crippen LogP contribution in [0.5, 0.6) is 0 Å². The molecule has 0 atom stereocenters. The van der Waals surface area contributed by atoms with Gasteiger partial charge in [0.15, 0.2) is 11.3 Å². The van der Waals surface area contributed by atoms with E-state index in [2.05, 4.69) is 49.0 Å². The molecular weight excluding hydrogens is 292 g/mol.